The van der Waals surface area contributed by atoms with Gasteiger partial charge in [0.25, 0.3) is 5.91 Å². The third-order valence-corrected chi connectivity index (χ3v) is 4.43. The highest BCUT2D eigenvalue weighted by atomic mass is 35.5. The van der Waals surface area contributed by atoms with E-state index in [1.54, 1.807) is 18.2 Å². The predicted molar refractivity (Wildman–Crippen MR) is 104 cm³/mol. The molecular weight excluding hydrogens is 367 g/mol. The third kappa shape index (κ3) is 3.55. The molecule has 27 heavy (non-hydrogen) atoms. The predicted octanol–water partition coefficient (Wildman–Crippen LogP) is 5.85. The van der Waals surface area contributed by atoms with Crippen molar-refractivity contribution in [3.05, 3.63) is 82.6 Å². The molecule has 0 aliphatic heterocycles. The second-order valence-corrected chi connectivity index (χ2v) is 6.55. The Morgan fingerprint density at radius 3 is 2.63 bits per heavy atom. The Labute approximate surface area is 159 Å². The van der Waals surface area contributed by atoms with E-state index >= 15 is 0 Å². The smallest absolute Gasteiger partial charge is 0.255 e. The molecule has 0 atom stereocenters. The fraction of sp³-hybridized carbons (Fsp3) is 0.0476. The van der Waals surface area contributed by atoms with Crippen LogP contribution in [-0.2, 0) is 0 Å². The van der Waals surface area contributed by atoms with E-state index in [2.05, 4.69) is 10.3 Å². The number of anilines is 1. The van der Waals surface area contributed by atoms with Crippen LogP contribution in [0, 0.1) is 12.7 Å². The molecule has 1 aromatic heterocycles. The second kappa shape index (κ2) is 6.85. The second-order valence-electron chi connectivity index (χ2n) is 6.15. The van der Waals surface area contributed by atoms with E-state index in [9.17, 15) is 9.18 Å². The minimum atomic E-state index is -0.397. The number of oxazole rings is 1. The normalized spacial score (nSPS) is 10.9. The molecule has 3 aromatic carbocycles. The maximum atomic E-state index is 13.0. The first-order chi connectivity index (χ1) is 13.0. The lowest BCUT2D eigenvalue weighted by Gasteiger charge is -2.07. The van der Waals surface area contributed by atoms with Crippen molar-refractivity contribution in [3.63, 3.8) is 0 Å². The minimum Gasteiger partial charge on any atom is -0.436 e. The number of aromatic nitrogens is 1. The van der Waals surface area contributed by atoms with Crippen LogP contribution in [0.3, 0.4) is 0 Å². The molecule has 0 saturated heterocycles. The van der Waals surface area contributed by atoms with Gasteiger partial charge in [-0.05, 0) is 67.1 Å². The molecule has 134 valence electrons. The number of hydrogen-bond acceptors (Lipinski definition) is 3. The highest BCUT2D eigenvalue weighted by Crippen LogP contribution is 2.32. The zero-order chi connectivity index (χ0) is 19.0. The van der Waals surface area contributed by atoms with Crippen LogP contribution in [0.15, 0.2) is 65.1 Å². The van der Waals surface area contributed by atoms with Gasteiger partial charge in [0, 0.05) is 11.3 Å². The SMILES string of the molecule is Cc1ccc2nc(-c3cc(NC(=O)c4ccc(F)cc4)ccc3Cl)oc2c1. The van der Waals surface area contributed by atoms with Crippen molar-refractivity contribution >= 4 is 34.3 Å². The highest BCUT2D eigenvalue weighted by Gasteiger charge is 2.14. The molecule has 0 spiro atoms. The molecular formula is C21H14ClFN2O2. The summed E-state index contributed by atoms with van der Waals surface area (Å²) in [6.07, 6.45) is 0. The Morgan fingerprint density at radius 2 is 1.85 bits per heavy atom. The van der Waals surface area contributed by atoms with Gasteiger partial charge in [-0.1, -0.05) is 17.7 Å². The largest absolute Gasteiger partial charge is 0.436 e. The molecule has 1 heterocycles. The van der Waals surface area contributed by atoms with Crippen molar-refractivity contribution in [3.8, 4) is 11.5 Å². The van der Waals surface area contributed by atoms with Crippen LogP contribution in [0.2, 0.25) is 5.02 Å². The van der Waals surface area contributed by atoms with E-state index in [-0.39, 0.29) is 5.91 Å². The zero-order valence-electron chi connectivity index (χ0n) is 14.3. The average molecular weight is 381 g/mol. The van der Waals surface area contributed by atoms with E-state index in [0.29, 0.717) is 33.3 Å². The van der Waals surface area contributed by atoms with Crippen LogP contribution in [0.5, 0.6) is 0 Å². The van der Waals surface area contributed by atoms with E-state index in [0.717, 1.165) is 11.1 Å². The number of halogens is 2. The first-order valence-corrected chi connectivity index (χ1v) is 8.61. The van der Waals surface area contributed by atoms with E-state index < -0.39 is 5.82 Å². The van der Waals surface area contributed by atoms with Crippen molar-refractivity contribution in [2.45, 2.75) is 6.92 Å². The van der Waals surface area contributed by atoms with Gasteiger partial charge < -0.3 is 9.73 Å². The molecule has 0 aliphatic carbocycles. The fourth-order valence-electron chi connectivity index (χ4n) is 2.72. The maximum Gasteiger partial charge on any atom is 0.255 e. The molecule has 4 rings (SSSR count). The summed E-state index contributed by atoms with van der Waals surface area (Å²) in [7, 11) is 0. The number of carbonyl (C=O) groups excluding carboxylic acids is 1. The monoisotopic (exact) mass is 380 g/mol. The first-order valence-electron chi connectivity index (χ1n) is 8.23. The quantitative estimate of drug-likeness (QED) is 0.485. The number of hydrogen-bond donors (Lipinski definition) is 1. The van der Waals surface area contributed by atoms with E-state index in [1.807, 2.05) is 25.1 Å². The average Bonchev–Trinajstić information content (AvgIpc) is 3.06. The van der Waals surface area contributed by atoms with Gasteiger partial charge in [-0.3, -0.25) is 4.79 Å². The lowest BCUT2D eigenvalue weighted by molar-refractivity contribution is 0.102. The molecule has 0 radical (unpaired) electrons. The van der Waals surface area contributed by atoms with E-state index in [4.69, 9.17) is 16.0 Å². The Hall–Kier alpha value is -3.18. The molecule has 0 saturated carbocycles. The van der Waals surface area contributed by atoms with Gasteiger partial charge in [0.15, 0.2) is 5.58 Å². The van der Waals surface area contributed by atoms with Crippen molar-refractivity contribution in [2.75, 3.05) is 5.32 Å². The molecule has 0 fully saturated rings. The number of aryl methyl sites for hydroxylation is 1. The third-order valence-electron chi connectivity index (χ3n) is 4.10. The number of amides is 1. The summed E-state index contributed by atoms with van der Waals surface area (Å²) in [6, 6.07) is 16.1. The number of benzene rings is 3. The first kappa shape index (κ1) is 17.2. The van der Waals surface area contributed by atoms with Crippen molar-refractivity contribution in [2.24, 2.45) is 0 Å². The molecule has 1 N–H and O–H groups in total. The topological polar surface area (TPSA) is 55.1 Å². The summed E-state index contributed by atoms with van der Waals surface area (Å²) in [5.74, 6) is -0.374. The van der Waals surface area contributed by atoms with Gasteiger partial charge in [-0.2, -0.15) is 0 Å². The van der Waals surface area contributed by atoms with Crippen molar-refractivity contribution < 1.29 is 13.6 Å². The van der Waals surface area contributed by atoms with Crippen LogP contribution >= 0.6 is 11.6 Å². The zero-order valence-corrected chi connectivity index (χ0v) is 15.0. The van der Waals surface area contributed by atoms with Crippen LogP contribution < -0.4 is 5.32 Å². The Balaban J connectivity index is 1.66. The highest BCUT2D eigenvalue weighted by molar-refractivity contribution is 6.33. The van der Waals surface area contributed by atoms with Gasteiger partial charge in [0.05, 0.1) is 10.6 Å². The molecule has 6 heteroatoms. The standard InChI is InChI=1S/C21H14ClFN2O2/c1-12-2-9-18-19(10-12)27-21(25-18)16-11-15(7-8-17(16)22)24-20(26)13-3-5-14(23)6-4-13/h2-11H,1H3,(H,24,26). The van der Waals surface area contributed by atoms with Gasteiger partial charge in [-0.15, -0.1) is 0 Å². The van der Waals surface area contributed by atoms with Gasteiger partial charge >= 0.3 is 0 Å². The van der Waals surface area contributed by atoms with Crippen LogP contribution in [-0.4, -0.2) is 10.9 Å². The molecule has 1 amide bonds. The summed E-state index contributed by atoms with van der Waals surface area (Å²) < 4.78 is 18.8. The van der Waals surface area contributed by atoms with Gasteiger partial charge in [-0.25, -0.2) is 9.37 Å². The molecule has 0 unspecified atom stereocenters. The molecule has 4 nitrogen and oxygen atoms in total. The summed E-state index contributed by atoms with van der Waals surface area (Å²) in [5.41, 5.74) is 3.92. The van der Waals surface area contributed by atoms with Crippen LogP contribution in [0.25, 0.3) is 22.6 Å². The lowest BCUT2D eigenvalue weighted by atomic mass is 10.1. The molecule has 4 aromatic rings. The molecule has 0 bridgehead atoms. The Morgan fingerprint density at radius 1 is 1.07 bits per heavy atom. The Bertz CT molecular complexity index is 1150. The van der Waals surface area contributed by atoms with E-state index in [1.165, 1.54) is 24.3 Å². The summed E-state index contributed by atoms with van der Waals surface area (Å²) >= 11 is 6.31. The number of carbonyl (C=O) groups is 1. The Kier molecular flexibility index (Phi) is 4.38. The molecule has 0 aliphatic rings. The number of nitrogens with zero attached hydrogens (tertiary/aromatic N) is 1. The fourth-order valence-corrected chi connectivity index (χ4v) is 2.92. The van der Waals surface area contributed by atoms with Crippen molar-refractivity contribution in [1.29, 1.82) is 0 Å². The number of fused-ring (bicyclic) bond motifs is 1. The summed E-state index contributed by atoms with van der Waals surface area (Å²) in [4.78, 5) is 16.8. The maximum absolute atomic E-state index is 13.0. The van der Waals surface area contributed by atoms with Crippen LogP contribution in [0.4, 0.5) is 10.1 Å². The number of rotatable bonds is 3. The summed E-state index contributed by atoms with van der Waals surface area (Å²) in [6.45, 7) is 1.97. The van der Waals surface area contributed by atoms with Crippen molar-refractivity contribution in [1.82, 2.24) is 4.98 Å². The summed E-state index contributed by atoms with van der Waals surface area (Å²) in [5, 5.41) is 3.22. The lowest BCUT2D eigenvalue weighted by Crippen LogP contribution is -2.11. The van der Waals surface area contributed by atoms with Crippen LogP contribution in [0.1, 0.15) is 15.9 Å². The minimum absolute atomic E-state index is 0.350. The van der Waals surface area contributed by atoms with Gasteiger partial charge in [0.1, 0.15) is 11.3 Å². The van der Waals surface area contributed by atoms with Gasteiger partial charge in [0.2, 0.25) is 5.89 Å². The number of nitrogens with one attached hydrogen (secondary N) is 1.